The van der Waals surface area contributed by atoms with Gasteiger partial charge in [0.05, 0.1) is 21.8 Å². The van der Waals surface area contributed by atoms with E-state index in [2.05, 4.69) is 15.2 Å². The van der Waals surface area contributed by atoms with Crippen molar-refractivity contribution in [3.63, 3.8) is 0 Å². The van der Waals surface area contributed by atoms with Gasteiger partial charge in [-0.25, -0.2) is 4.98 Å². The van der Waals surface area contributed by atoms with Crippen molar-refractivity contribution >= 4 is 39.9 Å². The van der Waals surface area contributed by atoms with Crippen LogP contribution in [0.2, 0.25) is 10.0 Å². The van der Waals surface area contributed by atoms with E-state index in [9.17, 15) is 0 Å². The van der Waals surface area contributed by atoms with Crippen LogP contribution in [-0.4, -0.2) is 40.5 Å². The Balaban J connectivity index is 2.21. The van der Waals surface area contributed by atoms with Crippen LogP contribution >= 0.6 is 23.2 Å². The maximum absolute atomic E-state index is 9.02. The molecule has 0 atom stereocenters. The summed E-state index contributed by atoms with van der Waals surface area (Å²) >= 11 is 12.5. The summed E-state index contributed by atoms with van der Waals surface area (Å²) in [6.45, 7) is 0.830. The molecule has 0 radical (unpaired) electrons. The lowest BCUT2D eigenvalue weighted by Crippen LogP contribution is -2.20. The van der Waals surface area contributed by atoms with Gasteiger partial charge in [0.25, 0.3) is 0 Å². The van der Waals surface area contributed by atoms with E-state index < -0.39 is 0 Å². The standard InChI is InChI=1S/C16H16Cl2N4O/c1-22(5-2-6-23)14-7-12(10-8-19-20-9-10)11-3-4-13(17)15(18)16(11)21-14/h3-4,7-9,23H,2,5-6H2,1H3,(H,19,20). The van der Waals surface area contributed by atoms with Crippen LogP contribution in [0.1, 0.15) is 6.42 Å². The summed E-state index contributed by atoms with van der Waals surface area (Å²) in [6.07, 6.45) is 4.25. The molecule has 0 amide bonds. The molecule has 0 fully saturated rings. The fourth-order valence-electron chi connectivity index (χ4n) is 2.48. The number of fused-ring (bicyclic) bond motifs is 1. The predicted molar refractivity (Wildman–Crippen MR) is 94.3 cm³/mol. The molecule has 0 aliphatic rings. The van der Waals surface area contributed by atoms with Gasteiger partial charge >= 0.3 is 0 Å². The molecule has 0 saturated carbocycles. The third-order valence-corrected chi connectivity index (χ3v) is 4.51. The van der Waals surface area contributed by atoms with E-state index in [0.29, 0.717) is 28.5 Å². The number of pyridine rings is 1. The van der Waals surface area contributed by atoms with Crippen molar-refractivity contribution in [1.82, 2.24) is 15.2 Å². The number of aliphatic hydroxyl groups is 1. The number of aromatic nitrogens is 3. The van der Waals surface area contributed by atoms with Crippen LogP contribution in [0.4, 0.5) is 5.82 Å². The number of aromatic amines is 1. The Labute approximate surface area is 143 Å². The van der Waals surface area contributed by atoms with Gasteiger partial charge in [0.15, 0.2) is 0 Å². The van der Waals surface area contributed by atoms with Crippen molar-refractivity contribution in [3.8, 4) is 11.1 Å². The molecule has 0 unspecified atom stereocenters. The number of hydrogen-bond acceptors (Lipinski definition) is 4. The average molecular weight is 351 g/mol. The van der Waals surface area contributed by atoms with Gasteiger partial charge in [0, 0.05) is 37.3 Å². The summed E-state index contributed by atoms with van der Waals surface area (Å²) in [5.41, 5.74) is 2.59. The summed E-state index contributed by atoms with van der Waals surface area (Å²) in [5, 5.41) is 17.7. The lowest BCUT2D eigenvalue weighted by atomic mass is 10.0. The Morgan fingerprint density at radius 1 is 1.30 bits per heavy atom. The van der Waals surface area contributed by atoms with Gasteiger partial charge in [-0.1, -0.05) is 29.3 Å². The third-order valence-electron chi connectivity index (χ3n) is 3.71. The molecule has 0 aliphatic carbocycles. The molecule has 0 saturated heterocycles. The van der Waals surface area contributed by atoms with Gasteiger partial charge in [0.2, 0.25) is 0 Å². The Hall–Kier alpha value is -1.82. The molecule has 7 heteroatoms. The Morgan fingerprint density at radius 3 is 2.83 bits per heavy atom. The zero-order valence-corrected chi connectivity index (χ0v) is 14.1. The van der Waals surface area contributed by atoms with Crippen molar-refractivity contribution in [3.05, 3.63) is 40.6 Å². The third kappa shape index (κ3) is 3.13. The van der Waals surface area contributed by atoms with Gasteiger partial charge in [-0.05, 0) is 24.1 Å². The highest BCUT2D eigenvalue weighted by Gasteiger charge is 2.15. The minimum Gasteiger partial charge on any atom is -0.396 e. The Bertz CT molecular complexity index is 821. The monoisotopic (exact) mass is 350 g/mol. The van der Waals surface area contributed by atoms with E-state index in [0.717, 1.165) is 22.3 Å². The van der Waals surface area contributed by atoms with Crippen molar-refractivity contribution in [2.24, 2.45) is 0 Å². The van der Waals surface area contributed by atoms with E-state index in [1.807, 2.05) is 30.3 Å². The minimum atomic E-state index is 0.138. The second kappa shape index (κ2) is 6.74. The molecule has 1 aromatic carbocycles. The normalized spacial score (nSPS) is 11.1. The molecule has 0 bridgehead atoms. The number of halogens is 2. The quantitative estimate of drug-likeness (QED) is 0.735. The molecule has 5 nitrogen and oxygen atoms in total. The Morgan fingerprint density at radius 2 is 2.13 bits per heavy atom. The molecule has 2 aromatic heterocycles. The number of H-pyrrole nitrogens is 1. The van der Waals surface area contributed by atoms with Crippen LogP contribution in [0.3, 0.4) is 0 Å². The molecule has 23 heavy (non-hydrogen) atoms. The molecule has 2 N–H and O–H groups in total. The number of aliphatic hydroxyl groups excluding tert-OH is 1. The molecule has 3 rings (SSSR count). The second-order valence-electron chi connectivity index (χ2n) is 5.27. The summed E-state index contributed by atoms with van der Waals surface area (Å²) < 4.78 is 0. The largest absolute Gasteiger partial charge is 0.396 e. The summed E-state index contributed by atoms with van der Waals surface area (Å²) in [7, 11) is 1.93. The first kappa shape index (κ1) is 16.1. The zero-order valence-electron chi connectivity index (χ0n) is 12.6. The molecular formula is C16H16Cl2N4O. The maximum atomic E-state index is 9.02. The number of anilines is 1. The molecule has 3 aromatic rings. The SMILES string of the molecule is CN(CCCO)c1cc(-c2cn[nH]c2)c2ccc(Cl)c(Cl)c2n1. The second-order valence-corrected chi connectivity index (χ2v) is 6.06. The van der Waals surface area contributed by atoms with Crippen molar-refractivity contribution in [2.45, 2.75) is 6.42 Å². The zero-order chi connectivity index (χ0) is 16.4. The van der Waals surface area contributed by atoms with Crippen molar-refractivity contribution in [2.75, 3.05) is 25.1 Å². The van der Waals surface area contributed by atoms with Crippen molar-refractivity contribution < 1.29 is 5.11 Å². The van der Waals surface area contributed by atoms with Crippen LogP contribution in [0, 0.1) is 0 Å². The highest BCUT2D eigenvalue weighted by molar-refractivity contribution is 6.45. The molecule has 0 spiro atoms. The number of nitrogens with zero attached hydrogens (tertiary/aromatic N) is 3. The van der Waals surface area contributed by atoms with Crippen LogP contribution < -0.4 is 4.90 Å². The topological polar surface area (TPSA) is 65.0 Å². The van der Waals surface area contributed by atoms with E-state index >= 15 is 0 Å². The highest BCUT2D eigenvalue weighted by Crippen LogP contribution is 2.36. The summed E-state index contributed by atoms with van der Waals surface area (Å²) in [5.74, 6) is 0.770. The van der Waals surface area contributed by atoms with Gasteiger partial charge in [-0.2, -0.15) is 5.10 Å². The van der Waals surface area contributed by atoms with Gasteiger partial charge in [-0.3, -0.25) is 5.10 Å². The minimum absolute atomic E-state index is 0.138. The number of benzene rings is 1. The highest BCUT2D eigenvalue weighted by atomic mass is 35.5. The van der Waals surface area contributed by atoms with Crippen molar-refractivity contribution in [1.29, 1.82) is 0 Å². The van der Waals surface area contributed by atoms with E-state index in [4.69, 9.17) is 28.3 Å². The number of hydrogen-bond donors (Lipinski definition) is 2. The number of rotatable bonds is 5. The molecule has 120 valence electrons. The average Bonchev–Trinajstić information content (AvgIpc) is 3.09. The fourth-order valence-corrected chi connectivity index (χ4v) is 2.83. The number of nitrogens with one attached hydrogen (secondary N) is 1. The first-order valence-electron chi connectivity index (χ1n) is 7.21. The van der Waals surface area contributed by atoms with E-state index in [1.165, 1.54) is 0 Å². The first-order chi connectivity index (χ1) is 11.1. The lowest BCUT2D eigenvalue weighted by Gasteiger charge is -2.20. The van der Waals surface area contributed by atoms with Gasteiger partial charge in [0.1, 0.15) is 5.82 Å². The van der Waals surface area contributed by atoms with Crippen LogP contribution in [0.25, 0.3) is 22.0 Å². The fraction of sp³-hybridized carbons (Fsp3) is 0.250. The smallest absolute Gasteiger partial charge is 0.129 e. The first-order valence-corrected chi connectivity index (χ1v) is 7.97. The molecule has 0 aliphatic heterocycles. The summed E-state index contributed by atoms with van der Waals surface area (Å²) in [6, 6.07) is 5.68. The maximum Gasteiger partial charge on any atom is 0.129 e. The van der Waals surface area contributed by atoms with Crippen LogP contribution in [0.15, 0.2) is 30.6 Å². The van der Waals surface area contributed by atoms with E-state index in [1.54, 1.807) is 12.3 Å². The Kier molecular flexibility index (Phi) is 4.71. The van der Waals surface area contributed by atoms with Gasteiger partial charge in [-0.15, -0.1) is 0 Å². The van der Waals surface area contributed by atoms with E-state index in [-0.39, 0.29) is 6.61 Å². The van der Waals surface area contributed by atoms with Crippen LogP contribution in [-0.2, 0) is 0 Å². The summed E-state index contributed by atoms with van der Waals surface area (Å²) in [4.78, 5) is 6.64. The molecular weight excluding hydrogens is 335 g/mol. The van der Waals surface area contributed by atoms with Gasteiger partial charge < -0.3 is 10.0 Å². The van der Waals surface area contributed by atoms with Crippen LogP contribution in [0.5, 0.6) is 0 Å². The predicted octanol–water partition coefficient (Wildman–Crippen LogP) is 3.75. The lowest BCUT2D eigenvalue weighted by molar-refractivity contribution is 0.290. The molecule has 2 heterocycles.